The molecule has 4 aromatic rings. The van der Waals surface area contributed by atoms with Crippen molar-refractivity contribution in [1.29, 1.82) is 0 Å². The van der Waals surface area contributed by atoms with Crippen LogP contribution < -0.4 is 11.0 Å². The fourth-order valence-corrected chi connectivity index (χ4v) is 3.03. The lowest BCUT2D eigenvalue weighted by molar-refractivity contribution is -0.122. The summed E-state index contributed by atoms with van der Waals surface area (Å²) in [6.45, 7) is 2.51. The molecule has 3 heterocycles. The third-order valence-corrected chi connectivity index (χ3v) is 4.46. The standard InChI is InChI=1S/C20H20N6O4/c1-13-5-3-6-14(11-13)17-22-19(30-24-17)15-7-4-9-25-18(15)23-26(20(25)28)12-16(27)21-8-10-29-2/h3-7,9,11H,8,10,12H2,1-2H3,(H,21,27). The van der Waals surface area contributed by atoms with Gasteiger partial charge in [-0.2, -0.15) is 4.98 Å². The lowest BCUT2D eigenvalue weighted by Gasteiger charge is -2.03. The third kappa shape index (κ3) is 3.85. The predicted molar refractivity (Wildman–Crippen MR) is 108 cm³/mol. The van der Waals surface area contributed by atoms with Gasteiger partial charge in [0.25, 0.3) is 5.89 Å². The first-order valence-corrected chi connectivity index (χ1v) is 9.32. The minimum Gasteiger partial charge on any atom is -0.383 e. The van der Waals surface area contributed by atoms with E-state index in [-0.39, 0.29) is 18.3 Å². The molecule has 0 spiro atoms. The molecule has 1 N–H and O–H groups in total. The van der Waals surface area contributed by atoms with Gasteiger partial charge in [-0.3, -0.25) is 4.79 Å². The van der Waals surface area contributed by atoms with Crippen LogP contribution in [0.4, 0.5) is 0 Å². The summed E-state index contributed by atoms with van der Waals surface area (Å²) < 4.78 is 12.8. The average molecular weight is 408 g/mol. The Morgan fingerprint density at radius 1 is 1.27 bits per heavy atom. The highest BCUT2D eigenvalue weighted by molar-refractivity contribution is 5.76. The first kappa shape index (κ1) is 19.5. The quantitative estimate of drug-likeness (QED) is 0.458. The number of nitrogens with one attached hydrogen (secondary N) is 1. The molecular formula is C20H20N6O4. The molecule has 10 heteroatoms. The van der Waals surface area contributed by atoms with Crippen molar-refractivity contribution in [1.82, 2.24) is 29.6 Å². The van der Waals surface area contributed by atoms with Crippen LogP contribution in [0.1, 0.15) is 5.56 Å². The van der Waals surface area contributed by atoms with Gasteiger partial charge in [-0.15, -0.1) is 5.10 Å². The number of rotatable bonds is 7. The van der Waals surface area contributed by atoms with Crippen molar-refractivity contribution in [3.8, 4) is 22.8 Å². The van der Waals surface area contributed by atoms with Gasteiger partial charge in [-0.05, 0) is 25.1 Å². The van der Waals surface area contributed by atoms with Crippen LogP contribution in [-0.2, 0) is 16.1 Å². The highest BCUT2D eigenvalue weighted by Gasteiger charge is 2.18. The van der Waals surface area contributed by atoms with E-state index in [1.54, 1.807) is 25.4 Å². The van der Waals surface area contributed by atoms with Crippen LogP contribution in [0.5, 0.6) is 0 Å². The Bertz CT molecular complexity index is 1260. The zero-order chi connectivity index (χ0) is 21.1. The van der Waals surface area contributed by atoms with Crippen LogP contribution in [0.2, 0.25) is 0 Å². The molecule has 0 radical (unpaired) electrons. The molecule has 154 valence electrons. The Morgan fingerprint density at radius 3 is 2.93 bits per heavy atom. The van der Waals surface area contributed by atoms with Gasteiger partial charge in [-0.1, -0.05) is 28.9 Å². The van der Waals surface area contributed by atoms with Crippen molar-refractivity contribution in [2.45, 2.75) is 13.5 Å². The molecule has 0 fully saturated rings. The maximum atomic E-state index is 12.6. The minimum absolute atomic E-state index is 0.206. The zero-order valence-corrected chi connectivity index (χ0v) is 16.5. The summed E-state index contributed by atoms with van der Waals surface area (Å²) in [7, 11) is 1.54. The number of carbonyl (C=O) groups is 1. The van der Waals surface area contributed by atoms with Gasteiger partial charge in [-0.25, -0.2) is 13.9 Å². The fraction of sp³-hybridized carbons (Fsp3) is 0.250. The number of aromatic nitrogens is 5. The number of hydrogen-bond acceptors (Lipinski definition) is 7. The summed E-state index contributed by atoms with van der Waals surface area (Å²) in [6.07, 6.45) is 1.57. The maximum absolute atomic E-state index is 12.6. The molecule has 0 atom stereocenters. The van der Waals surface area contributed by atoms with Crippen molar-refractivity contribution >= 4 is 11.6 Å². The van der Waals surface area contributed by atoms with Gasteiger partial charge in [0, 0.05) is 25.4 Å². The Balaban J connectivity index is 1.66. The monoisotopic (exact) mass is 408 g/mol. The summed E-state index contributed by atoms with van der Waals surface area (Å²) in [5.74, 6) is 0.340. The molecule has 1 aromatic carbocycles. The number of amides is 1. The Morgan fingerprint density at radius 2 is 2.13 bits per heavy atom. The average Bonchev–Trinajstić information content (AvgIpc) is 3.34. The van der Waals surface area contributed by atoms with Gasteiger partial charge >= 0.3 is 5.69 Å². The molecule has 0 aliphatic carbocycles. The summed E-state index contributed by atoms with van der Waals surface area (Å²) >= 11 is 0. The van der Waals surface area contributed by atoms with E-state index in [4.69, 9.17) is 9.26 Å². The van der Waals surface area contributed by atoms with Crippen LogP contribution in [0.15, 0.2) is 51.9 Å². The molecule has 3 aromatic heterocycles. The molecule has 0 aliphatic rings. The summed E-state index contributed by atoms with van der Waals surface area (Å²) in [5.41, 5.74) is 2.29. The normalized spacial score (nSPS) is 11.1. The number of fused-ring (bicyclic) bond motifs is 1. The number of aryl methyl sites for hydroxylation is 1. The lowest BCUT2D eigenvalue weighted by atomic mass is 10.1. The topological polar surface area (TPSA) is 117 Å². The smallest absolute Gasteiger partial charge is 0.350 e. The zero-order valence-electron chi connectivity index (χ0n) is 16.5. The van der Waals surface area contributed by atoms with E-state index in [0.717, 1.165) is 15.8 Å². The molecule has 10 nitrogen and oxygen atoms in total. The van der Waals surface area contributed by atoms with E-state index in [0.29, 0.717) is 30.2 Å². The number of benzene rings is 1. The largest absolute Gasteiger partial charge is 0.383 e. The number of nitrogens with zero attached hydrogens (tertiary/aromatic N) is 5. The van der Waals surface area contributed by atoms with Crippen LogP contribution in [-0.4, -0.2) is 50.5 Å². The van der Waals surface area contributed by atoms with E-state index < -0.39 is 5.69 Å². The number of ether oxygens (including phenoxy) is 1. The summed E-state index contributed by atoms with van der Waals surface area (Å²) in [4.78, 5) is 29.1. The lowest BCUT2D eigenvalue weighted by Crippen LogP contribution is -2.34. The van der Waals surface area contributed by atoms with E-state index in [1.165, 1.54) is 4.40 Å². The summed E-state index contributed by atoms with van der Waals surface area (Å²) in [6, 6.07) is 11.2. The second-order valence-corrected chi connectivity index (χ2v) is 6.69. The van der Waals surface area contributed by atoms with Crippen molar-refractivity contribution < 1.29 is 14.1 Å². The fourth-order valence-electron chi connectivity index (χ4n) is 3.03. The highest BCUT2D eigenvalue weighted by Crippen LogP contribution is 2.24. The van der Waals surface area contributed by atoms with E-state index in [2.05, 4.69) is 20.6 Å². The molecule has 0 bridgehead atoms. The molecule has 30 heavy (non-hydrogen) atoms. The van der Waals surface area contributed by atoms with Crippen molar-refractivity contribution in [2.24, 2.45) is 0 Å². The van der Waals surface area contributed by atoms with Crippen molar-refractivity contribution in [3.63, 3.8) is 0 Å². The third-order valence-electron chi connectivity index (χ3n) is 4.46. The first-order valence-electron chi connectivity index (χ1n) is 9.32. The Kier molecular flexibility index (Phi) is 5.40. The molecule has 0 unspecified atom stereocenters. The Labute approximate surface area is 171 Å². The second kappa shape index (κ2) is 8.29. The van der Waals surface area contributed by atoms with Gasteiger partial charge in [0.15, 0.2) is 5.65 Å². The molecule has 4 rings (SSSR count). The second-order valence-electron chi connectivity index (χ2n) is 6.69. The Hall–Kier alpha value is -3.79. The van der Waals surface area contributed by atoms with E-state index >= 15 is 0 Å². The first-order chi connectivity index (χ1) is 14.6. The molecule has 0 saturated carbocycles. The number of pyridine rings is 1. The molecule has 0 aliphatic heterocycles. The van der Waals surface area contributed by atoms with E-state index in [1.807, 2.05) is 31.2 Å². The van der Waals surface area contributed by atoms with Crippen LogP contribution in [0, 0.1) is 6.92 Å². The van der Waals surface area contributed by atoms with Crippen molar-refractivity contribution in [3.05, 3.63) is 58.6 Å². The van der Waals surface area contributed by atoms with Crippen LogP contribution in [0.25, 0.3) is 28.5 Å². The van der Waals surface area contributed by atoms with Gasteiger partial charge < -0.3 is 14.6 Å². The van der Waals surface area contributed by atoms with Gasteiger partial charge in [0.05, 0.1) is 12.2 Å². The molecule has 1 amide bonds. The van der Waals surface area contributed by atoms with Crippen LogP contribution >= 0.6 is 0 Å². The molecule has 0 saturated heterocycles. The van der Waals surface area contributed by atoms with E-state index in [9.17, 15) is 9.59 Å². The predicted octanol–water partition coefficient (Wildman–Crippen LogP) is 1.28. The molecular weight excluding hydrogens is 388 g/mol. The number of carbonyl (C=O) groups excluding carboxylic acids is 1. The summed E-state index contributed by atoms with van der Waals surface area (Å²) in [5, 5.41) is 11.0. The highest BCUT2D eigenvalue weighted by atomic mass is 16.5. The minimum atomic E-state index is -0.438. The van der Waals surface area contributed by atoms with Crippen LogP contribution in [0.3, 0.4) is 0 Å². The number of hydrogen-bond donors (Lipinski definition) is 1. The number of methoxy groups -OCH3 is 1. The van der Waals surface area contributed by atoms with Gasteiger partial charge in [0.2, 0.25) is 11.7 Å². The van der Waals surface area contributed by atoms with Crippen molar-refractivity contribution in [2.75, 3.05) is 20.3 Å². The maximum Gasteiger partial charge on any atom is 0.350 e. The SMILES string of the molecule is COCCNC(=O)Cn1nc2c(-c3nc(-c4cccc(C)c4)no3)cccn2c1=O. The van der Waals surface area contributed by atoms with Gasteiger partial charge in [0.1, 0.15) is 6.54 Å².